The molecule has 5 nitrogen and oxygen atoms in total. The molecule has 0 saturated carbocycles. The number of benzene rings is 1. The van der Waals surface area contributed by atoms with Gasteiger partial charge in [-0.05, 0) is 38.0 Å². The highest BCUT2D eigenvalue weighted by atomic mass is 19.1. The van der Waals surface area contributed by atoms with Crippen LogP contribution in [0.1, 0.15) is 25.3 Å². The second kappa shape index (κ2) is 6.83. The van der Waals surface area contributed by atoms with Gasteiger partial charge in [0, 0.05) is 24.7 Å². The minimum atomic E-state index is -0.359. The molecule has 2 aromatic rings. The van der Waals surface area contributed by atoms with E-state index >= 15 is 0 Å². The molecular weight excluding hydrogens is 309 g/mol. The first-order valence-corrected chi connectivity index (χ1v) is 8.04. The van der Waals surface area contributed by atoms with Gasteiger partial charge in [0.05, 0.1) is 29.3 Å². The van der Waals surface area contributed by atoms with E-state index in [0.29, 0.717) is 54.7 Å². The average Bonchev–Trinajstić information content (AvgIpc) is 2.61. The summed E-state index contributed by atoms with van der Waals surface area (Å²) in [4.78, 5) is 18.1. The lowest BCUT2D eigenvalue weighted by Crippen LogP contribution is -2.37. The topological polar surface area (TPSA) is 66.2 Å². The van der Waals surface area contributed by atoms with Gasteiger partial charge in [0.15, 0.2) is 0 Å². The SMILES string of the molecule is CCOC(=O)C1CCN(c2c(C#N)cnc3ccc(F)cc23)CC1. The number of esters is 1. The van der Waals surface area contributed by atoms with Gasteiger partial charge >= 0.3 is 5.97 Å². The van der Waals surface area contributed by atoms with E-state index in [4.69, 9.17) is 4.74 Å². The quantitative estimate of drug-likeness (QED) is 0.811. The standard InChI is InChI=1S/C18H18FN3O2/c1-2-24-18(23)12-5-7-22(8-6-12)17-13(10-20)11-21-16-4-3-14(19)9-15(16)17/h3-4,9,11-12H,2,5-8H2,1H3. The van der Waals surface area contributed by atoms with E-state index in [1.165, 1.54) is 18.3 Å². The number of ether oxygens (including phenoxy) is 1. The summed E-state index contributed by atoms with van der Waals surface area (Å²) in [7, 11) is 0. The predicted molar refractivity (Wildman–Crippen MR) is 88.0 cm³/mol. The van der Waals surface area contributed by atoms with Crippen molar-refractivity contribution in [2.24, 2.45) is 5.92 Å². The molecule has 0 amide bonds. The molecule has 0 unspecified atom stereocenters. The molecule has 0 aliphatic carbocycles. The Hall–Kier alpha value is -2.68. The Morgan fingerprint density at radius 3 is 2.88 bits per heavy atom. The van der Waals surface area contributed by atoms with Gasteiger partial charge in [0.1, 0.15) is 11.9 Å². The van der Waals surface area contributed by atoms with Gasteiger partial charge < -0.3 is 9.64 Å². The summed E-state index contributed by atoms with van der Waals surface area (Å²) in [5.41, 5.74) is 1.77. The molecule has 124 valence electrons. The van der Waals surface area contributed by atoms with Gasteiger partial charge in [0.25, 0.3) is 0 Å². The van der Waals surface area contributed by atoms with E-state index in [9.17, 15) is 14.4 Å². The Morgan fingerprint density at radius 1 is 1.46 bits per heavy atom. The van der Waals surface area contributed by atoms with E-state index in [0.717, 1.165) is 0 Å². The molecule has 1 saturated heterocycles. The highest BCUT2D eigenvalue weighted by molar-refractivity contribution is 5.94. The van der Waals surface area contributed by atoms with Crippen LogP contribution in [0.25, 0.3) is 10.9 Å². The smallest absolute Gasteiger partial charge is 0.309 e. The number of carbonyl (C=O) groups is 1. The van der Waals surface area contributed by atoms with Crippen LogP contribution in [0.15, 0.2) is 24.4 Å². The number of anilines is 1. The number of piperidine rings is 1. The van der Waals surface area contributed by atoms with Crippen molar-refractivity contribution in [1.29, 1.82) is 5.26 Å². The van der Waals surface area contributed by atoms with E-state index in [1.54, 1.807) is 13.0 Å². The minimum absolute atomic E-state index is 0.114. The third-order valence-electron chi connectivity index (χ3n) is 4.35. The molecule has 1 aromatic carbocycles. The molecule has 3 rings (SSSR count). The zero-order valence-electron chi connectivity index (χ0n) is 13.5. The summed E-state index contributed by atoms with van der Waals surface area (Å²) in [6, 6.07) is 6.52. The van der Waals surface area contributed by atoms with E-state index in [2.05, 4.69) is 11.1 Å². The van der Waals surface area contributed by atoms with Crippen LogP contribution in [0.3, 0.4) is 0 Å². The monoisotopic (exact) mass is 327 g/mol. The summed E-state index contributed by atoms with van der Waals surface area (Å²) in [5.74, 6) is -0.637. The lowest BCUT2D eigenvalue weighted by Gasteiger charge is -2.33. The van der Waals surface area contributed by atoms with Crippen molar-refractivity contribution < 1.29 is 13.9 Å². The number of fused-ring (bicyclic) bond motifs is 1. The molecule has 2 heterocycles. The maximum absolute atomic E-state index is 13.7. The molecular formula is C18H18FN3O2. The molecule has 0 bridgehead atoms. The minimum Gasteiger partial charge on any atom is -0.466 e. The summed E-state index contributed by atoms with van der Waals surface area (Å²) in [5, 5.41) is 10.0. The van der Waals surface area contributed by atoms with Gasteiger partial charge in [-0.1, -0.05) is 0 Å². The number of nitrogens with zero attached hydrogens (tertiary/aromatic N) is 3. The lowest BCUT2D eigenvalue weighted by molar-refractivity contribution is -0.148. The largest absolute Gasteiger partial charge is 0.466 e. The predicted octanol–water partition coefficient (Wildman–Crippen LogP) is 3.03. The number of pyridine rings is 1. The molecule has 0 atom stereocenters. The zero-order valence-corrected chi connectivity index (χ0v) is 13.5. The lowest BCUT2D eigenvalue weighted by atomic mass is 9.95. The van der Waals surface area contributed by atoms with Crippen LogP contribution < -0.4 is 4.90 Å². The van der Waals surface area contributed by atoms with E-state index in [-0.39, 0.29) is 17.7 Å². The number of halogens is 1. The van der Waals surface area contributed by atoms with Crippen molar-refractivity contribution in [2.75, 3.05) is 24.6 Å². The van der Waals surface area contributed by atoms with Gasteiger partial charge in [-0.2, -0.15) is 5.26 Å². The van der Waals surface area contributed by atoms with Crippen LogP contribution >= 0.6 is 0 Å². The average molecular weight is 327 g/mol. The fourth-order valence-electron chi connectivity index (χ4n) is 3.17. The zero-order chi connectivity index (χ0) is 17.1. The van der Waals surface area contributed by atoms with Crippen molar-refractivity contribution in [3.05, 3.63) is 35.8 Å². The molecule has 0 spiro atoms. The first-order valence-electron chi connectivity index (χ1n) is 8.04. The Bertz CT molecular complexity index is 808. The molecule has 1 fully saturated rings. The van der Waals surface area contributed by atoms with E-state index in [1.807, 2.05) is 4.90 Å². The van der Waals surface area contributed by atoms with Gasteiger partial charge in [0.2, 0.25) is 0 Å². The molecule has 1 aromatic heterocycles. The van der Waals surface area contributed by atoms with Crippen LogP contribution in [-0.2, 0) is 9.53 Å². The molecule has 0 radical (unpaired) electrons. The first-order chi connectivity index (χ1) is 11.6. The van der Waals surface area contributed by atoms with Crippen LogP contribution in [0, 0.1) is 23.1 Å². The molecule has 1 aliphatic heterocycles. The fraction of sp³-hybridized carbons (Fsp3) is 0.389. The summed E-state index contributed by atoms with van der Waals surface area (Å²) in [6.45, 7) is 3.41. The van der Waals surface area contributed by atoms with Crippen molar-refractivity contribution in [3.63, 3.8) is 0 Å². The van der Waals surface area contributed by atoms with Crippen molar-refractivity contribution in [1.82, 2.24) is 4.98 Å². The third-order valence-corrected chi connectivity index (χ3v) is 4.35. The number of carbonyl (C=O) groups excluding carboxylic acids is 1. The van der Waals surface area contributed by atoms with Crippen molar-refractivity contribution in [3.8, 4) is 6.07 Å². The maximum atomic E-state index is 13.7. The highest BCUT2D eigenvalue weighted by Gasteiger charge is 2.28. The van der Waals surface area contributed by atoms with E-state index < -0.39 is 0 Å². The van der Waals surface area contributed by atoms with Crippen LogP contribution in [0.2, 0.25) is 0 Å². The Labute approximate surface area is 139 Å². The number of hydrogen-bond acceptors (Lipinski definition) is 5. The Kier molecular flexibility index (Phi) is 4.61. The number of rotatable bonds is 3. The van der Waals surface area contributed by atoms with Crippen LogP contribution in [0.4, 0.5) is 10.1 Å². The number of aromatic nitrogens is 1. The van der Waals surface area contributed by atoms with Crippen LogP contribution in [-0.4, -0.2) is 30.6 Å². The molecule has 1 aliphatic rings. The van der Waals surface area contributed by atoms with Gasteiger partial charge in [-0.3, -0.25) is 9.78 Å². The summed E-state index contributed by atoms with van der Waals surface area (Å²) >= 11 is 0. The third kappa shape index (κ3) is 3.02. The second-order valence-electron chi connectivity index (χ2n) is 5.81. The van der Waals surface area contributed by atoms with Crippen molar-refractivity contribution in [2.45, 2.75) is 19.8 Å². The Balaban J connectivity index is 1.91. The van der Waals surface area contributed by atoms with Crippen LogP contribution in [0.5, 0.6) is 0 Å². The molecule has 6 heteroatoms. The fourth-order valence-corrected chi connectivity index (χ4v) is 3.17. The second-order valence-corrected chi connectivity index (χ2v) is 5.81. The Morgan fingerprint density at radius 2 is 2.21 bits per heavy atom. The summed E-state index contributed by atoms with van der Waals surface area (Å²) < 4.78 is 18.8. The normalized spacial score (nSPS) is 15.3. The molecule has 24 heavy (non-hydrogen) atoms. The molecule has 0 N–H and O–H groups in total. The summed E-state index contributed by atoms with van der Waals surface area (Å²) in [6.07, 6.45) is 2.83. The van der Waals surface area contributed by atoms with Gasteiger partial charge in [-0.25, -0.2) is 4.39 Å². The number of nitriles is 1. The van der Waals surface area contributed by atoms with Crippen molar-refractivity contribution >= 4 is 22.6 Å². The highest BCUT2D eigenvalue weighted by Crippen LogP contribution is 2.33. The maximum Gasteiger partial charge on any atom is 0.309 e. The number of hydrogen-bond donors (Lipinski definition) is 0. The van der Waals surface area contributed by atoms with Gasteiger partial charge in [-0.15, -0.1) is 0 Å². The first kappa shape index (κ1) is 16.2.